The van der Waals surface area contributed by atoms with Crippen LogP contribution in [0.5, 0.6) is 0 Å². The Labute approximate surface area is 159 Å². The fourth-order valence-corrected chi connectivity index (χ4v) is 3.51. The summed E-state index contributed by atoms with van der Waals surface area (Å²) in [6.45, 7) is 0.964. The summed E-state index contributed by atoms with van der Waals surface area (Å²) in [7, 11) is 0. The molecule has 25 heavy (non-hydrogen) atoms. The summed E-state index contributed by atoms with van der Waals surface area (Å²) in [6.07, 6.45) is 10.1. The summed E-state index contributed by atoms with van der Waals surface area (Å²) >= 11 is 12.3. The number of halogens is 2. The fraction of sp³-hybridized carbons (Fsp3) is 0.286. The van der Waals surface area contributed by atoms with Crippen molar-refractivity contribution in [3.63, 3.8) is 0 Å². The van der Waals surface area contributed by atoms with Gasteiger partial charge in [0.2, 0.25) is 0 Å². The molecule has 0 amide bonds. The molecule has 0 spiro atoms. The van der Waals surface area contributed by atoms with Gasteiger partial charge in [-0.15, -0.1) is 0 Å². The summed E-state index contributed by atoms with van der Waals surface area (Å²) < 4.78 is 2.16. The van der Waals surface area contributed by atoms with Crippen LogP contribution in [0.15, 0.2) is 67.3 Å². The van der Waals surface area contributed by atoms with E-state index in [0.717, 1.165) is 42.3 Å². The zero-order chi connectivity index (χ0) is 17.5. The van der Waals surface area contributed by atoms with Gasteiger partial charge in [-0.1, -0.05) is 53.5 Å². The van der Waals surface area contributed by atoms with Crippen molar-refractivity contribution in [2.45, 2.75) is 32.2 Å². The normalized spacial score (nSPS) is 12.2. The molecule has 1 aromatic heterocycles. The van der Waals surface area contributed by atoms with Crippen LogP contribution in [0.1, 0.15) is 24.0 Å². The number of rotatable bonds is 8. The summed E-state index contributed by atoms with van der Waals surface area (Å²) in [5, 5.41) is 1.65. The Kier molecular flexibility index (Phi) is 6.55. The predicted molar refractivity (Wildman–Crippen MR) is 105 cm³/mol. The van der Waals surface area contributed by atoms with Crippen LogP contribution in [0.2, 0.25) is 10.0 Å². The lowest BCUT2D eigenvalue weighted by molar-refractivity contribution is 0.401. The second kappa shape index (κ2) is 9.07. The van der Waals surface area contributed by atoms with Crippen molar-refractivity contribution < 1.29 is 0 Å². The third-order valence-corrected chi connectivity index (χ3v) is 5.11. The number of imidazole rings is 1. The molecule has 0 aliphatic carbocycles. The minimum Gasteiger partial charge on any atom is -0.337 e. The highest BCUT2D eigenvalue weighted by molar-refractivity contribution is 6.31. The Morgan fingerprint density at radius 3 is 2.52 bits per heavy atom. The lowest BCUT2D eigenvalue weighted by atomic mass is 9.93. The van der Waals surface area contributed by atoms with Crippen molar-refractivity contribution >= 4 is 23.2 Å². The van der Waals surface area contributed by atoms with E-state index in [1.165, 1.54) is 11.1 Å². The van der Waals surface area contributed by atoms with E-state index in [1.54, 1.807) is 0 Å². The number of benzene rings is 2. The van der Waals surface area contributed by atoms with Gasteiger partial charge in [-0.25, -0.2) is 4.98 Å². The maximum absolute atomic E-state index is 6.36. The van der Waals surface area contributed by atoms with Gasteiger partial charge in [-0.2, -0.15) is 0 Å². The number of hydrogen-bond acceptors (Lipinski definition) is 1. The first kappa shape index (κ1) is 18.0. The quantitative estimate of drug-likeness (QED) is 0.468. The van der Waals surface area contributed by atoms with Crippen LogP contribution in [-0.2, 0) is 19.4 Å². The molecule has 0 N–H and O–H groups in total. The van der Waals surface area contributed by atoms with E-state index in [1.807, 2.05) is 43.0 Å². The Hall–Kier alpha value is -1.77. The minimum absolute atomic E-state index is 0.529. The second-order valence-electron chi connectivity index (χ2n) is 6.44. The topological polar surface area (TPSA) is 17.8 Å². The van der Waals surface area contributed by atoms with E-state index in [9.17, 15) is 0 Å². The second-order valence-corrected chi connectivity index (χ2v) is 7.28. The summed E-state index contributed by atoms with van der Waals surface area (Å²) in [4.78, 5) is 4.16. The first-order chi connectivity index (χ1) is 12.2. The highest BCUT2D eigenvalue weighted by atomic mass is 35.5. The van der Waals surface area contributed by atoms with Crippen LogP contribution in [0.3, 0.4) is 0 Å². The Morgan fingerprint density at radius 1 is 1.00 bits per heavy atom. The number of aryl methyl sites for hydroxylation is 1. The van der Waals surface area contributed by atoms with Crippen LogP contribution in [-0.4, -0.2) is 9.55 Å². The maximum Gasteiger partial charge on any atom is 0.0945 e. The molecule has 3 rings (SSSR count). The van der Waals surface area contributed by atoms with Crippen LogP contribution >= 0.6 is 23.2 Å². The van der Waals surface area contributed by atoms with E-state index >= 15 is 0 Å². The van der Waals surface area contributed by atoms with Gasteiger partial charge in [0.1, 0.15) is 0 Å². The molecule has 0 radical (unpaired) electrons. The van der Waals surface area contributed by atoms with Crippen LogP contribution in [0.25, 0.3) is 0 Å². The molecule has 1 heterocycles. The lowest BCUT2D eigenvalue weighted by Crippen LogP contribution is -2.13. The molecule has 2 nitrogen and oxygen atoms in total. The molecule has 3 aromatic rings. The fourth-order valence-electron chi connectivity index (χ4n) is 3.17. The van der Waals surface area contributed by atoms with Crippen molar-refractivity contribution in [2.24, 2.45) is 5.92 Å². The van der Waals surface area contributed by atoms with Gasteiger partial charge < -0.3 is 4.57 Å². The van der Waals surface area contributed by atoms with Crippen molar-refractivity contribution in [2.75, 3.05) is 0 Å². The zero-order valence-electron chi connectivity index (χ0n) is 14.1. The smallest absolute Gasteiger partial charge is 0.0945 e. The van der Waals surface area contributed by atoms with Crippen LogP contribution in [0.4, 0.5) is 0 Å². The van der Waals surface area contributed by atoms with Gasteiger partial charge in [-0.05, 0) is 60.9 Å². The van der Waals surface area contributed by atoms with Gasteiger partial charge in [-0.3, -0.25) is 0 Å². The largest absolute Gasteiger partial charge is 0.337 e. The van der Waals surface area contributed by atoms with E-state index < -0.39 is 0 Å². The highest BCUT2D eigenvalue weighted by Gasteiger charge is 2.13. The van der Waals surface area contributed by atoms with Crippen LogP contribution < -0.4 is 0 Å². The Balaban J connectivity index is 1.61. The molecular formula is C21H22Cl2N2. The number of hydrogen-bond donors (Lipinski definition) is 0. The molecule has 2 aromatic carbocycles. The van der Waals surface area contributed by atoms with Gasteiger partial charge in [0, 0.05) is 29.0 Å². The molecule has 130 valence electrons. The van der Waals surface area contributed by atoms with Gasteiger partial charge >= 0.3 is 0 Å². The zero-order valence-corrected chi connectivity index (χ0v) is 15.6. The lowest BCUT2D eigenvalue weighted by Gasteiger charge is -2.18. The van der Waals surface area contributed by atoms with Gasteiger partial charge in [0.15, 0.2) is 0 Å². The van der Waals surface area contributed by atoms with Gasteiger partial charge in [0.25, 0.3) is 0 Å². The minimum atomic E-state index is 0.529. The molecule has 0 bridgehead atoms. The Morgan fingerprint density at radius 2 is 1.80 bits per heavy atom. The summed E-state index contributed by atoms with van der Waals surface area (Å²) in [6, 6.07) is 16.3. The monoisotopic (exact) mass is 372 g/mol. The number of aromatic nitrogens is 2. The molecule has 0 aliphatic heterocycles. The molecule has 0 saturated carbocycles. The summed E-state index contributed by atoms with van der Waals surface area (Å²) in [5.41, 5.74) is 2.56. The molecule has 0 fully saturated rings. The van der Waals surface area contributed by atoms with Crippen LogP contribution in [0, 0.1) is 5.92 Å². The third-order valence-electron chi connectivity index (χ3n) is 4.49. The van der Waals surface area contributed by atoms with E-state index in [4.69, 9.17) is 23.2 Å². The molecule has 0 saturated heterocycles. The van der Waals surface area contributed by atoms with Gasteiger partial charge in [0.05, 0.1) is 6.33 Å². The summed E-state index contributed by atoms with van der Waals surface area (Å²) in [5.74, 6) is 0.529. The van der Waals surface area contributed by atoms with E-state index in [2.05, 4.69) is 33.8 Å². The molecule has 4 heteroatoms. The average Bonchev–Trinajstić information content (AvgIpc) is 3.11. The standard InChI is InChI=1S/C21H22Cl2N2/c22-20-10-8-17(9-11-20)4-3-5-18(15-25-13-12-24-16-25)14-19-6-1-2-7-21(19)23/h1-2,6-13,16,18H,3-5,14-15H2. The average molecular weight is 373 g/mol. The van der Waals surface area contributed by atoms with Crippen molar-refractivity contribution in [1.29, 1.82) is 0 Å². The molecule has 0 aliphatic rings. The number of nitrogens with zero attached hydrogens (tertiary/aromatic N) is 2. The third kappa shape index (κ3) is 5.62. The first-order valence-corrected chi connectivity index (χ1v) is 9.40. The molecule has 1 unspecified atom stereocenters. The predicted octanol–water partition coefficient (Wildman–Crippen LogP) is 6.07. The van der Waals surface area contributed by atoms with E-state index in [0.29, 0.717) is 5.92 Å². The molecular weight excluding hydrogens is 351 g/mol. The SMILES string of the molecule is Clc1ccc(CCCC(Cc2ccccc2Cl)Cn2ccnc2)cc1. The maximum atomic E-state index is 6.36. The molecule has 1 atom stereocenters. The van der Waals surface area contributed by atoms with Crippen molar-refractivity contribution in [3.8, 4) is 0 Å². The van der Waals surface area contributed by atoms with Crippen molar-refractivity contribution in [3.05, 3.63) is 88.4 Å². The Bertz CT molecular complexity index is 767. The highest BCUT2D eigenvalue weighted by Crippen LogP contribution is 2.23. The van der Waals surface area contributed by atoms with Crippen molar-refractivity contribution in [1.82, 2.24) is 9.55 Å². The van der Waals surface area contributed by atoms with E-state index in [-0.39, 0.29) is 0 Å². The first-order valence-electron chi connectivity index (χ1n) is 8.64.